The molecule has 29 heavy (non-hydrogen) atoms. The van der Waals surface area contributed by atoms with E-state index in [0.717, 1.165) is 22.9 Å². The number of nitrogens with two attached hydrogens (primary N) is 1. The minimum absolute atomic E-state index is 0.0511. The van der Waals surface area contributed by atoms with Gasteiger partial charge in [-0.3, -0.25) is 0 Å². The average molecular weight is 450 g/mol. The zero-order valence-corrected chi connectivity index (χ0v) is 16.1. The largest absolute Gasteiger partial charge is 0.495 e. The van der Waals surface area contributed by atoms with Crippen molar-refractivity contribution in [1.29, 1.82) is 0 Å². The Kier molecular flexibility index (Phi) is 5.32. The summed E-state index contributed by atoms with van der Waals surface area (Å²) in [6.07, 6.45) is -4.77. The molecule has 0 unspecified atom stereocenters. The Balaban J connectivity index is 2.22. The van der Waals surface area contributed by atoms with Gasteiger partial charge >= 0.3 is 6.18 Å². The molecular weight excluding hydrogens is 438 g/mol. The van der Waals surface area contributed by atoms with Crippen LogP contribution >= 0.6 is 11.6 Å². The van der Waals surface area contributed by atoms with Gasteiger partial charge in [0, 0.05) is 5.56 Å². The Hall–Kier alpha value is -2.63. The summed E-state index contributed by atoms with van der Waals surface area (Å²) in [6, 6.07) is 7.64. The van der Waals surface area contributed by atoms with Gasteiger partial charge in [0.15, 0.2) is 5.69 Å². The van der Waals surface area contributed by atoms with Crippen LogP contribution in [0.5, 0.6) is 5.75 Å². The molecule has 0 aliphatic carbocycles. The topological polar surface area (TPSA) is 87.2 Å². The Morgan fingerprint density at radius 2 is 1.83 bits per heavy atom. The van der Waals surface area contributed by atoms with Crippen LogP contribution in [0.3, 0.4) is 0 Å². The molecule has 2 aromatic carbocycles. The van der Waals surface area contributed by atoms with Gasteiger partial charge in [-0.25, -0.2) is 22.6 Å². The smallest absolute Gasteiger partial charge is 0.435 e. The Bertz CT molecular complexity index is 1190. The number of alkyl halides is 3. The monoisotopic (exact) mass is 449 g/mol. The van der Waals surface area contributed by atoms with E-state index in [1.807, 2.05) is 0 Å². The van der Waals surface area contributed by atoms with Crippen molar-refractivity contribution in [2.75, 3.05) is 7.11 Å². The maximum atomic E-state index is 14.2. The van der Waals surface area contributed by atoms with Gasteiger partial charge in [0.1, 0.15) is 16.5 Å². The lowest BCUT2D eigenvalue weighted by molar-refractivity contribution is -0.141. The van der Waals surface area contributed by atoms with Gasteiger partial charge < -0.3 is 4.74 Å². The summed E-state index contributed by atoms with van der Waals surface area (Å²) in [7, 11) is -2.96. The minimum atomic E-state index is -4.77. The molecule has 154 valence electrons. The number of sulfonamides is 1. The van der Waals surface area contributed by atoms with E-state index >= 15 is 0 Å². The SMILES string of the molecule is COc1ccc(-n2nc(C(F)(F)F)cc2-c2ccc(S(N)(=O)=O)c(F)c2)cc1Cl. The summed E-state index contributed by atoms with van der Waals surface area (Å²) in [6.45, 7) is 0. The predicted molar refractivity (Wildman–Crippen MR) is 96.9 cm³/mol. The molecule has 0 aliphatic heterocycles. The van der Waals surface area contributed by atoms with E-state index in [9.17, 15) is 26.0 Å². The maximum absolute atomic E-state index is 14.2. The zero-order valence-electron chi connectivity index (χ0n) is 14.5. The number of methoxy groups -OCH3 is 1. The number of halogens is 5. The molecule has 1 heterocycles. The molecule has 0 saturated carbocycles. The second-order valence-electron chi connectivity index (χ2n) is 5.83. The van der Waals surface area contributed by atoms with Gasteiger partial charge in [-0.2, -0.15) is 18.3 Å². The number of aromatic nitrogens is 2. The van der Waals surface area contributed by atoms with Gasteiger partial charge in [-0.05, 0) is 36.4 Å². The van der Waals surface area contributed by atoms with Crippen LogP contribution in [0.1, 0.15) is 5.69 Å². The number of nitrogens with zero attached hydrogens (tertiary/aromatic N) is 2. The van der Waals surface area contributed by atoms with E-state index in [1.54, 1.807) is 0 Å². The highest BCUT2D eigenvalue weighted by atomic mass is 35.5. The molecule has 12 heteroatoms. The third kappa shape index (κ3) is 4.21. The average Bonchev–Trinajstić information content (AvgIpc) is 3.06. The molecule has 0 radical (unpaired) electrons. The molecule has 0 atom stereocenters. The van der Waals surface area contributed by atoms with E-state index in [-0.39, 0.29) is 22.0 Å². The first-order valence-electron chi connectivity index (χ1n) is 7.75. The highest BCUT2D eigenvalue weighted by Crippen LogP contribution is 2.35. The zero-order chi connectivity index (χ0) is 21.6. The summed E-state index contributed by atoms with van der Waals surface area (Å²) in [4.78, 5) is -0.782. The summed E-state index contributed by atoms with van der Waals surface area (Å²) in [5.41, 5.74) is -1.27. The van der Waals surface area contributed by atoms with Crippen LogP contribution in [0.25, 0.3) is 16.9 Å². The van der Waals surface area contributed by atoms with Gasteiger partial charge in [0.25, 0.3) is 0 Å². The summed E-state index contributed by atoms with van der Waals surface area (Å²) in [5.74, 6) is -0.914. The standard InChI is InChI=1S/C17H12ClF4N3O3S/c1-28-14-4-3-10(7-11(14)18)25-13(8-16(24-25)17(20,21)22)9-2-5-15(12(19)6-9)29(23,26)27/h2-8H,1H3,(H2,23,26,27). The highest BCUT2D eigenvalue weighted by molar-refractivity contribution is 7.89. The quantitative estimate of drug-likeness (QED) is 0.610. The molecular formula is C17H12ClF4N3O3S. The summed E-state index contributed by atoms with van der Waals surface area (Å²) >= 11 is 6.04. The number of hydrogen-bond acceptors (Lipinski definition) is 4. The number of benzene rings is 2. The van der Waals surface area contributed by atoms with Gasteiger partial charge in [0.05, 0.1) is 23.5 Å². The van der Waals surface area contributed by atoms with Crippen molar-refractivity contribution in [3.8, 4) is 22.7 Å². The molecule has 0 aliphatic rings. The second-order valence-corrected chi connectivity index (χ2v) is 7.77. The van der Waals surface area contributed by atoms with Gasteiger partial charge in [0.2, 0.25) is 10.0 Å². The molecule has 3 rings (SSSR count). The lowest BCUT2D eigenvalue weighted by Gasteiger charge is -2.11. The van der Waals surface area contributed by atoms with Crippen LogP contribution in [0.4, 0.5) is 17.6 Å². The molecule has 3 aromatic rings. The van der Waals surface area contributed by atoms with Crippen LogP contribution in [0.2, 0.25) is 5.02 Å². The molecule has 1 aromatic heterocycles. The number of rotatable bonds is 4. The van der Waals surface area contributed by atoms with Crippen LogP contribution in [-0.2, 0) is 16.2 Å². The molecule has 0 spiro atoms. The third-order valence-corrected chi connectivity index (χ3v) is 5.15. The van der Waals surface area contributed by atoms with Crippen LogP contribution in [-0.4, -0.2) is 25.3 Å². The molecule has 0 bridgehead atoms. The van der Waals surface area contributed by atoms with Crippen molar-refractivity contribution in [3.63, 3.8) is 0 Å². The first kappa shape index (κ1) is 21.1. The van der Waals surface area contributed by atoms with Crippen molar-refractivity contribution in [1.82, 2.24) is 9.78 Å². The van der Waals surface area contributed by atoms with Crippen LogP contribution in [0.15, 0.2) is 47.4 Å². The Morgan fingerprint density at radius 1 is 1.14 bits per heavy atom. The van der Waals surface area contributed by atoms with E-state index in [2.05, 4.69) is 5.10 Å². The van der Waals surface area contributed by atoms with E-state index in [4.69, 9.17) is 21.5 Å². The Morgan fingerprint density at radius 3 is 2.34 bits per heavy atom. The predicted octanol–water partition coefficient (Wildman–Crippen LogP) is 4.01. The van der Waals surface area contributed by atoms with Crippen molar-refractivity contribution >= 4 is 21.6 Å². The third-order valence-electron chi connectivity index (χ3n) is 3.91. The molecule has 0 amide bonds. The lowest BCUT2D eigenvalue weighted by Crippen LogP contribution is -2.14. The second kappa shape index (κ2) is 7.32. The fourth-order valence-corrected chi connectivity index (χ4v) is 3.44. The van der Waals surface area contributed by atoms with Crippen molar-refractivity contribution < 1.29 is 30.7 Å². The van der Waals surface area contributed by atoms with Crippen LogP contribution < -0.4 is 9.88 Å². The minimum Gasteiger partial charge on any atom is -0.495 e. The molecule has 6 nitrogen and oxygen atoms in total. The lowest BCUT2D eigenvalue weighted by atomic mass is 10.1. The van der Waals surface area contributed by atoms with E-state index in [0.29, 0.717) is 11.8 Å². The van der Waals surface area contributed by atoms with Crippen molar-refractivity contribution in [2.45, 2.75) is 11.1 Å². The van der Waals surface area contributed by atoms with Crippen molar-refractivity contribution in [2.24, 2.45) is 5.14 Å². The number of primary sulfonamides is 1. The highest BCUT2D eigenvalue weighted by Gasteiger charge is 2.35. The molecule has 0 fully saturated rings. The van der Waals surface area contributed by atoms with Gasteiger partial charge in [-0.15, -0.1) is 0 Å². The van der Waals surface area contributed by atoms with Crippen LogP contribution in [0, 0.1) is 5.82 Å². The normalized spacial score (nSPS) is 12.2. The fourth-order valence-electron chi connectivity index (χ4n) is 2.60. The summed E-state index contributed by atoms with van der Waals surface area (Å²) in [5, 5.41) is 8.59. The van der Waals surface area contributed by atoms with Gasteiger partial charge in [-0.1, -0.05) is 17.7 Å². The van der Waals surface area contributed by atoms with Crippen molar-refractivity contribution in [3.05, 3.63) is 59.0 Å². The fraction of sp³-hybridized carbons (Fsp3) is 0.118. The van der Waals surface area contributed by atoms with E-state index in [1.165, 1.54) is 25.3 Å². The molecule has 2 N–H and O–H groups in total. The first-order valence-corrected chi connectivity index (χ1v) is 9.68. The number of ether oxygens (including phenoxy) is 1. The summed E-state index contributed by atoms with van der Waals surface area (Å²) < 4.78 is 82.5. The Labute approximate surface area is 167 Å². The number of hydrogen-bond donors (Lipinski definition) is 1. The van der Waals surface area contributed by atoms with E-state index < -0.39 is 32.6 Å². The molecule has 0 saturated heterocycles. The maximum Gasteiger partial charge on any atom is 0.435 e. The first-order chi connectivity index (χ1) is 13.4.